The van der Waals surface area contributed by atoms with Crippen LogP contribution in [0.25, 0.3) is 0 Å². The van der Waals surface area contributed by atoms with E-state index in [-0.39, 0.29) is 17.1 Å². The Morgan fingerprint density at radius 2 is 2.06 bits per heavy atom. The highest BCUT2D eigenvalue weighted by atomic mass is 79.9. The van der Waals surface area contributed by atoms with E-state index >= 15 is 0 Å². The van der Waals surface area contributed by atoms with Crippen molar-refractivity contribution in [3.05, 3.63) is 33.9 Å². The maximum absolute atomic E-state index is 12.1. The second-order valence-corrected chi connectivity index (χ2v) is 4.28. The summed E-state index contributed by atoms with van der Waals surface area (Å²) in [7, 11) is 0. The van der Waals surface area contributed by atoms with Crippen LogP contribution in [-0.2, 0) is 4.79 Å². The van der Waals surface area contributed by atoms with E-state index in [2.05, 4.69) is 20.7 Å². The van der Waals surface area contributed by atoms with Crippen molar-refractivity contribution >= 4 is 27.4 Å². The zero-order chi connectivity index (χ0) is 13.9. The number of non-ortho nitro benzene ring substituents is 1. The molecule has 98 valence electrons. The van der Waals surface area contributed by atoms with Gasteiger partial charge in [0.15, 0.2) is 0 Å². The van der Waals surface area contributed by atoms with Crippen LogP contribution in [0.1, 0.15) is 17.3 Å². The monoisotopic (exact) mass is 323 g/mol. The fraction of sp³-hybridized carbons (Fsp3) is 0.300. The van der Waals surface area contributed by atoms with Crippen LogP contribution in [0.15, 0.2) is 18.2 Å². The minimum Gasteiger partial charge on any atom is -0.435 e. The van der Waals surface area contributed by atoms with E-state index in [0.29, 0.717) is 0 Å². The molecule has 1 rings (SSSR count). The van der Waals surface area contributed by atoms with Crippen molar-refractivity contribution in [2.75, 3.05) is 0 Å². The molecule has 0 aliphatic heterocycles. The highest BCUT2D eigenvalue weighted by Gasteiger charge is 2.19. The average molecular weight is 324 g/mol. The van der Waals surface area contributed by atoms with Crippen LogP contribution in [0.3, 0.4) is 0 Å². The first-order valence-electron chi connectivity index (χ1n) is 4.70. The summed E-state index contributed by atoms with van der Waals surface area (Å²) in [5.74, 6) is -0.668. The molecular weight excluding hydrogens is 316 g/mol. The number of hydrogen-bond donors (Lipinski definition) is 0. The number of hydrogen-bond acceptors (Lipinski definition) is 4. The molecule has 1 aromatic carbocycles. The van der Waals surface area contributed by atoms with Gasteiger partial charge in [0.1, 0.15) is 11.5 Å². The van der Waals surface area contributed by atoms with Crippen molar-refractivity contribution in [1.82, 2.24) is 0 Å². The Hall–Kier alpha value is -1.57. The van der Waals surface area contributed by atoms with Crippen LogP contribution in [0, 0.1) is 10.1 Å². The van der Waals surface area contributed by atoms with Crippen molar-refractivity contribution in [3.63, 3.8) is 0 Å². The first kappa shape index (κ1) is 14.5. The van der Waals surface area contributed by atoms with Crippen molar-refractivity contribution in [2.45, 2.75) is 18.4 Å². The number of carbonyl (C=O) groups excluding carboxylic acids is 1. The van der Waals surface area contributed by atoms with Gasteiger partial charge in [-0.25, -0.2) is 0 Å². The summed E-state index contributed by atoms with van der Waals surface area (Å²) in [5.41, 5.74) is -0.235. The van der Waals surface area contributed by atoms with E-state index in [1.54, 1.807) is 0 Å². The van der Waals surface area contributed by atoms with Gasteiger partial charge in [-0.2, -0.15) is 8.78 Å². The lowest BCUT2D eigenvalue weighted by Crippen LogP contribution is -2.06. The van der Waals surface area contributed by atoms with Gasteiger partial charge in [0.2, 0.25) is 0 Å². The third kappa shape index (κ3) is 3.73. The lowest BCUT2D eigenvalue weighted by atomic mass is 10.1. The van der Waals surface area contributed by atoms with Crippen LogP contribution in [0.2, 0.25) is 0 Å². The smallest absolute Gasteiger partial charge is 0.387 e. The van der Waals surface area contributed by atoms with Crippen molar-refractivity contribution < 1.29 is 23.2 Å². The quantitative estimate of drug-likeness (QED) is 0.474. The van der Waals surface area contributed by atoms with Gasteiger partial charge in [0, 0.05) is 6.07 Å². The third-order valence-corrected chi connectivity index (χ3v) is 3.17. The second-order valence-electron chi connectivity index (χ2n) is 3.37. The normalized spacial score (nSPS) is 12.3. The van der Waals surface area contributed by atoms with E-state index in [9.17, 15) is 23.7 Å². The molecule has 0 saturated heterocycles. The SMILES string of the molecule is CC(=O)C(Br)c1cc(OC(F)F)cc([N+](=O)[O-])c1. The number of halogens is 3. The standard InChI is InChI=1S/C10H8BrF2NO4/c1-5(15)9(11)6-2-7(14(16)17)4-8(3-6)18-10(12)13/h2-4,9-10H,1H3. The Labute approximate surface area is 109 Å². The molecule has 0 aromatic heterocycles. The number of nitro benzene ring substituents is 1. The lowest BCUT2D eigenvalue weighted by molar-refractivity contribution is -0.385. The zero-order valence-corrected chi connectivity index (χ0v) is 10.7. The zero-order valence-electron chi connectivity index (χ0n) is 9.10. The molecule has 0 bridgehead atoms. The summed E-state index contributed by atoms with van der Waals surface area (Å²) in [6, 6.07) is 3.15. The molecule has 0 aliphatic rings. The minimum atomic E-state index is -3.09. The second kappa shape index (κ2) is 5.85. The van der Waals surface area contributed by atoms with Crippen LogP contribution in [-0.4, -0.2) is 17.3 Å². The summed E-state index contributed by atoms with van der Waals surface area (Å²) >= 11 is 3.02. The van der Waals surface area contributed by atoms with Gasteiger partial charge >= 0.3 is 6.61 Å². The van der Waals surface area contributed by atoms with Crippen molar-refractivity contribution in [2.24, 2.45) is 0 Å². The van der Waals surface area contributed by atoms with Gasteiger partial charge < -0.3 is 4.74 Å². The number of benzene rings is 1. The van der Waals surface area contributed by atoms with Gasteiger partial charge in [-0.15, -0.1) is 0 Å². The molecule has 1 atom stereocenters. The molecule has 0 fully saturated rings. The topological polar surface area (TPSA) is 69.4 Å². The number of ether oxygens (including phenoxy) is 1. The van der Waals surface area contributed by atoms with Gasteiger partial charge in [0.25, 0.3) is 5.69 Å². The molecule has 0 N–H and O–H groups in total. The van der Waals surface area contributed by atoms with Crippen LogP contribution < -0.4 is 4.74 Å². The molecule has 1 aromatic rings. The Morgan fingerprint density at radius 3 is 2.50 bits per heavy atom. The van der Waals surface area contributed by atoms with E-state index in [4.69, 9.17) is 0 Å². The maximum Gasteiger partial charge on any atom is 0.387 e. The summed E-state index contributed by atoms with van der Waals surface area (Å²) in [6.07, 6.45) is 0. The molecule has 0 spiro atoms. The van der Waals surface area contributed by atoms with E-state index in [1.165, 1.54) is 6.92 Å². The summed E-state index contributed by atoms with van der Waals surface area (Å²) in [6.45, 7) is -1.82. The number of ketones is 1. The average Bonchev–Trinajstić information content (AvgIpc) is 2.26. The number of rotatable bonds is 5. The molecule has 1 unspecified atom stereocenters. The number of nitrogens with zero attached hydrogens (tertiary/aromatic N) is 1. The number of alkyl halides is 3. The van der Waals surface area contributed by atoms with Crippen LogP contribution in [0.5, 0.6) is 5.75 Å². The molecule has 5 nitrogen and oxygen atoms in total. The summed E-state index contributed by atoms with van der Waals surface area (Å²) < 4.78 is 28.3. The predicted molar refractivity (Wildman–Crippen MR) is 62.1 cm³/mol. The highest BCUT2D eigenvalue weighted by Crippen LogP contribution is 2.31. The van der Waals surface area contributed by atoms with Crippen molar-refractivity contribution in [3.8, 4) is 5.75 Å². The molecule has 18 heavy (non-hydrogen) atoms. The van der Waals surface area contributed by atoms with Gasteiger partial charge in [-0.1, -0.05) is 15.9 Å². The van der Waals surface area contributed by atoms with Crippen molar-refractivity contribution in [1.29, 1.82) is 0 Å². The molecule has 0 radical (unpaired) electrons. The Kier molecular flexibility index (Phi) is 4.71. The first-order chi connectivity index (χ1) is 8.31. The van der Waals surface area contributed by atoms with Gasteiger partial charge in [0.05, 0.1) is 15.8 Å². The molecular formula is C10H8BrF2NO4. The van der Waals surface area contributed by atoms with Crippen LogP contribution >= 0.6 is 15.9 Å². The fourth-order valence-corrected chi connectivity index (χ4v) is 1.53. The Balaban J connectivity index is 3.21. The largest absolute Gasteiger partial charge is 0.435 e. The van der Waals surface area contributed by atoms with E-state index < -0.39 is 22.0 Å². The fourth-order valence-electron chi connectivity index (χ4n) is 1.26. The molecule has 0 saturated carbocycles. The Morgan fingerprint density at radius 1 is 1.44 bits per heavy atom. The maximum atomic E-state index is 12.1. The van der Waals surface area contributed by atoms with E-state index in [0.717, 1.165) is 18.2 Å². The van der Waals surface area contributed by atoms with E-state index in [1.807, 2.05) is 0 Å². The molecule has 0 aliphatic carbocycles. The Bertz CT molecular complexity index is 481. The number of nitro groups is 1. The molecule has 0 heterocycles. The molecule has 8 heteroatoms. The summed E-state index contributed by atoms with van der Waals surface area (Å²) in [5, 5.41) is 10.6. The number of carbonyl (C=O) groups is 1. The molecule has 0 amide bonds. The third-order valence-electron chi connectivity index (χ3n) is 2.00. The van der Waals surface area contributed by atoms with Crippen LogP contribution in [0.4, 0.5) is 14.5 Å². The predicted octanol–water partition coefficient (Wildman–Crippen LogP) is 3.22. The first-order valence-corrected chi connectivity index (χ1v) is 5.61. The number of Topliss-reactive ketones (excluding diaryl/α,β-unsaturated/α-hetero) is 1. The minimum absolute atomic E-state index is 0.187. The highest BCUT2D eigenvalue weighted by molar-refractivity contribution is 9.09. The van der Waals surface area contributed by atoms with Gasteiger partial charge in [-0.3, -0.25) is 14.9 Å². The van der Waals surface area contributed by atoms with Gasteiger partial charge in [-0.05, 0) is 18.6 Å². The summed E-state index contributed by atoms with van der Waals surface area (Å²) in [4.78, 5) is 20.2. The lowest BCUT2D eigenvalue weighted by Gasteiger charge is -2.09.